The summed E-state index contributed by atoms with van der Waals surface area (Å²) in [5, 5.41) is 8.73. The van der Waals surface area contributed by atoms with Gasteiger partial charge in [-0.1, -0.05) is 5.16 Å². The van der Waals surface area contributed by atoms with E-state index in [-0.39, 0.29) is 18.3 Å². The third-order valence-corrected chi connectivity index (χ3v) is 3.68. The first kappa shape index (κ1) is 21.2. The molecule has 28 heavy (non-hydrogen) atoms. The van der Waals surface area contributed by atoms with Crippen LogP contribution < -0.4 is 15.4 Å². The Morgan fingerprint density at radius 2 is 1.89 bits per heavy atom. The number of aryl methyl sites for hydroxylation is 1. The molecule has 0 saturated carbocycles. The highest BCUT2D eigenvalue weighted by Crippen LogP contribution is 2.23. The summed E-state index contributed by atoms with van der Waals surface area (Å²) in [7, 11) is 1.58. The number of hydrogen-bond donors (Lipinski definition) is 2. The maximum absolute atomic E-state index is 12.2. The van der Waals surface area contributed by atoms with Gasteiger partial charge in [-0.3, -0.25) is 19.8 Å². The van der Waals surface area contributed by atoms with Crippen LogP contribution in [0.4, 0.5) is 24.7 Å². The highest BCUT2D eigenvalue weighted by molar-refractivity contribution is 5.95. The number of alkyl halides is 3. The molecule has 2 rings (SSSR count). The maximum atomic E-state index is 12.2. The van der Waals surface area contributed by atoms with Crippen molar-refractivity contribution in [2.24, 2.45) is 0 Å². The summed E-state index contributed by atoms with van der Waals surface area (Å²) in [6.45, 7) is 3.20. The Bertz CT molecular complexity index is 821. The number of anilines is 2. The summed E-state index contributed by atoms with van der Waals surface area (Å²) in [5.74, 6) is -1.02. The van der Waals surface area contributed by atoms with Crippen molar-refractivity contribution >= 4 is 23.4 Å². The Labute approximate surface area is 158 Å². The van der Waals surface area contributed by atoms with Gasteiger partial charge in [-0.15, -0.1) is 13.2 Å². The van der Waals surface area contributed by atoms with Crippen molar-refractivity contribution in [1.82, 2.24) is 10.1 Å². The van der Waals surface area contributed by atoms with Gasteiger partial charge in [0.1, 0.15) is 5.75 Å². The van der Waals surface area contributed by atoms with E-state index >= 15 is 0 Å². The molecule has 0 aliphatic heterocycles. The molecule has 1 unspecified atom stereocenters. The second-order valence-electron chi connectivity index (χ2n) is 6.03. The van der Waals surface area contributed by atoms with Crippen LogP contribution in [-0.4, -0.2) is 47.9 Å². The molecule has 0 saturated heterocycles. The Morgan fingerprint density at radius 3 is 2.43 bits per heavy atom. The number of benzene rings is 1. The van der Waals surface area contributed by atoms with Crippen LogP contribution in [0.3, 0.4) is 0 Å². The number of aromatic nitrogens is 1. The van der Waals surface area contributed by atoms with Gasteiger partial charge < -0.3 is 14.6 Å². The number of carbonyl (C=O) groups excluding carboxylic acids is 2. The van der Waals surface area contributed by atoms with E-state index in [1.54, 1.807) is 27.0 Å². The zero-order valence-electron chi connectivity index (χ0n) is 15.3. The molecule has 1 heterocycles. The fraction of sp³-hybridized carbons (Fsp3) is 0.353. The second-order valence-corrected chi connectivity index (χ2v) is 6.03. The molecule has 0 aliphatic carbocycles. The average Bonchev–Trinajstić information content (AvgIpc) is 2.99. The molecule has 0 fully saturated rings. The van der Waals surface area contributed by atoms with Crippen molar-refractivity contribution in [1.29, 1.82) is 0 Å². The van der Waals surface area contributed by atoms with Gasteiger partial charge in [-0.05, 0) is 45.2 Å². The smallest absolute Gasteiger partial charge is 0.406 e. The first-order valence-corrected chi connectivity index (χ1v) is 8.13. The minimum atomic E-state index is -4.78. The van der Waals surface area contributed by atoms with Gasteiger partial charge in [-0.2, -0.15) is 0 Å². The van der Waals surface area contributed by atoms with Gasteiger partial charge in [0.25, 0.3) is 0 Å². The predicted octanol–water partition coefficient (Wildman–Crippen LogP) is 2.78. The number of likely N-dealkylation sites (N-methyl/N-ethyl adjacent to an activating group) is 1. The molecule has 0 bridgehead atoms. The van der Waals surface area contributed by atoms with E-state index in [4.69, 9.17) is 4.52 Å². The fourth-order valence-electron chi connectivity index (χ4n) is 2.15. The third-order valence-electron chi connectivity index (χ3n) is 3.68. The molecule has 1 atom stereocenters. The third kappa shape index (κ3) is 6.58. The Morgan fingerprint density at radius 1 is 1.25 bits per heavy atom. The highest BCUT2D eigenvalue weighted by atomic mass is 19.4. The maximum Gasteiger partial charge on any atom is 0.573 e. The van der Waals surface area contributed by atoms with Crippen molar-refractivity contribution in [3.05, 3.63) is 36.0 Å². The van der Waals surface area contributed by atoms with E-state index in [1.807, 2.05) is 0 Å². The summed E-state index contributed by atoms with van der Waals surface area (Å²) in [4.78, 5) is 25.8. The van der Waals surface area contributed by atoms with Gasteiger partial charge >= 0.3 is 6.36 Å². The predicted molar refractivity (Wildman–Crippen MR) is 93.7 cm³/mol. The van der Waals surface area contributed by atoms with Crippen LogP contribution in [0.1, 0.15) is 12.6 Å². The molecule has 11 heteroatoms. The molecule has 152 valence electrons. The molecule has 8 nitrogen and oxygen atoms in total. The van der Waals surface area contributed by atoms with Crippen LogP contribution in [0.25, 0.3) is 0 Å². The molecule has 2 amide bonds. The molecule has 0 radical (unpaired) electrons. The summed E-state index contributed by atoms with van der Waals surface area (Å²) < 4.78 is 45.1. The number of halogens is 3. The van der Waals surface area contributed by atoms with E-state index in [0.717, 1.165) is 12.1 Å². The van der Waals surface area contributed by atoms with Gasteiger partial charge in [0, 0.05) is 11.8 Å². The Balaban J connectivity index is 1.85. The standard InChI is InChI=1S/C17H19F3N4O4/c1-10-8-15(28-23-10)22-16(26)11(2)24(3)9-14(25)21-12-4-6-13(7-5-12)27-17(18,19)20/h4-8,11H,9H2,1-3H3,(H,21,25)(H,22,26). The molecule has 0 aliphatic rings. The molecule has 1 aromatic heterocycles. The van der Waals surface area contributed by atoms with Crippen LogP contribution in [-0.2, 0) is 9.59 Å². The van der Waals surface area contributed by atoms with Crippen LogP contribution in [0.5, 0.6) is 5.75 Å². The molecule has 2 aromatic rings. The van der Waals surface area contributed by atoms with E-state index in [9.17, 15) is 22.8 Å². The van der Waals surface area contributed by atoms with Crippen molar-refractivity contribution in [2.45, 2.75) is 26.3 Å². The first-order valence-electron chi connectivity index (χ1n) is 8.13. The summed E-state index contributed by atoms with van der Waals surface area (Å²) in [6.07, 6.45) is -4.78. The van der Waals surface area contributed by atoms with E-state index < -0.39 is 24.1 Å². The molecule has 1 aromatic carbocycles. The summed E-state index contributed by atoms with van der Waals surface area (Å²) in [6, 6.07) is 5.63. The number of ether oxygens (including phenoxy) is 1. The van der Waals surface area contributed by atoms with E-state index in [1.165, 1.54) is 17.0 Å². The van der Waals surface area contributed by atoms with Crippen molar-refractivity contribution in [2.75, 3.05) is 24.2 Å². The monoisotopic (exact) mass is 400 g/mol. The fourth-order valence-corrected chi connectivity index (χ4v) is 2.15. The highest BCUT2D eigenvalue weighted by Gasteiger charge is 2.31. The van der Waals surface area contributed by atoms with Crippen LogP contribution in [0.2, 0.25) is 0 Å². The van der Waals surface area contributed by atoms with Crippen LogP contribution >= 0.6 is 0 Å². The van der Waals surface area contributed by atoms with Gasteiger partial charge in [0.15, 0.2) is 0 Å². The first-order chi connectivity index (χ1) is 13.0. The summed E-state index contributed by atoms with van der Waals surface area (Å²) >= 11 is 0. The lowest BCUT2D eigenvalue weighted by atomic mass is 10.2. The van der Waals surface area contributed by atoms with Gasteiger partial charge in [-0.25, -0.2) is 0 Å². The number of amides is 2. The Hall–Kier alpha value is -3.08. The minimum Gasteiger partial charge on any atom is -0.406 e. The van der Waals surface area contributed by atoms with Gasteiger partial charge in [0.2, 0.25) is 17.7 Å². The second kappa shape index (κ2) is 8.74. The number of hydrogen-bond acceptors (Lipinski definition) is 6. The molecule has 2 N–H and O–H groups in total. The quantitative estimate of drug-likeness (QED) is 0.742. The van der Waals surface area contributed by atoms with Crippen molar-refractivity contribution in [3.8, 4) is 5.75 Å². The number of nitrogens with one attached hydrogen (secondary N) is 2. The largest absolute Gasteiger partial charge is 0.573 e. The van der Waals surface area contributed by atoms with Crippen molar-refractivity contribution in [3.63, 3.8) is 0 Å². The zero-order chi connectivity index (χ0) is 20.9. The number of rotatable bonds is 7. The SMILES string of the molecule is Cc1cc(NC(=O)C(C)N(C)CC(=O)Nc2ccc(OC(F)(F)F)cc2)on1. The lowest BCUT2D eigenvalue weighted by Gasteiger charge is -2.22. The van der Waals surface area contributed by atoms with E-state index in [0.29, 0.717) is 11.4 Å². The lowest BCUT2D eigenvalue weighted by Crippen LogP contribution is -2.43. The van der Waals surface area contributed by atoms with Crippen molar-refractivity contribution < 1.29 is 32.0 Å². The minimum absolute atomic E-state index is 0.120. The summed E-state index contributed by atoms with van der Waals surface area (Å²) in [5.41, 5.74) is 0.907. The van der Waals surface area contributed by atoms with Gasteiger partial charge in [0.05, 0.1) is 18.3 Å². The van der Waals surface area contributed by atoms with Crippen LogP contribution in [0, 0.1) is 6.92 Å². The Kier molecular flexibility index (Phi) is 6.62. The van der Waals surface area contributed by atoms with Crippen LogP contribution in [0.15, 0.2) is 34.9 Å². The normalized spacial score (nSPS) is 12.5. The topological polar surface area (TPSA) is 96.7 Å². The number of carbonyl (C=O) groups is 2. The molecule has 0 spiro atoms. The zero-order valence-corrected chi connectivity index (χ0v) is 15.3. The molecular weight excluding hydrogens is 381 g/mol. The van der Waals surface area contributed by atoms with E-state index in [2.05, 4.69) is 20.5 Å². The number of nitrogens with zero attached hydrogens (tertiary/aromatic N) is 2. The lowest BCUT2D eigenvalue weighted by molar-refractivity contribution is -0.274. The molecular formula is C17H19F3N4O4. The average molecular weight is 400 g/mol.